The number of fused-ring (bicyclic) bond motifs is 1. The van der Waals surface area contributed by atoms with Gasteiger partial charge in [-0.15, -0.1) is 10.2 Å². The second-order valence-electron chi connectivity index (χ2n) is 7.72. The number of nitrogens with one attached hydrogen (secondary N) is 1. The molecule has 3 aromatic rings. The van der Waals surface area contributed by atoms with Crippen molar-refractivity contribution in [3.63, 3.8) is 0 Å². The van der Waals surface area contributed by atoms with Gasteiger partial charge in [-0.2, -0.15) is 4.98 Å². The van der Waals surface area contributed by atoms with Gasteiger partial charge in [0.05, 0.1) is 0 Å². The summed E-state index contributed by atoms with van der Waals surface area (Å²) in [6.45, 7) is 3.73. The molecule has 1 N–H and O–H groups in total. The van der Waals surface area contributed by atoms with E-state index in [0.717, 1.165) is 55.4 Å². The summed E-state index contributed by atoms with van der Waals surface area (Å²) in [5, 5.41) is 11.0. The Bertz CT molecular complexity index is 976. The van der Waals surface area contributed by atoms with E-state index in [1.54, 1.807) is 6.07 Å². The standard InChI is InChI=1S/C21H24N6O3/c28-21(22-10-9-15-5-6-15)30-19-8-7-18(24-25-19)26-11-13-27(14-12-26)20-23-16-3-1-2-4-17(16)29-20/h1-4,7-8,15H,5-6,9-14H2,(H,22,28). The quantitative estimate of drug-likeness (QED) is 0.665. The van der Waals surface area contributed by atoms with Gasteiger partial charge in [0.2, 0.25) is 5.88 Å². The molecule has 30 heavy (non-hydrogen) atoms. The van der Waals surface area contributed by atoms with E-state index in [4.69, 9.17) is 9.15 Å². The van der Waals surface area contributed by atoms with Gasteiger partial charge in [-0.25, -0.2) is 4.79 Å². The molecule has 0 radical (unpaired) electrons. The summed E-state index contributed by atoms with van der Waals surface area (Å²) in [6.07, 6.45) is 3.07. The number of amides is 1. The fourth-order valence-electron chi connectivity index (χ4n) is 3.57. The van der Waals surface area contributed by atoms with Crippen molar-refractivity contribution in [2.45, 2.75) is 19.3 Å². The zero-order valence-corrected chi connectivity index (χ0v) is 16.7. The Balaban J connectivity index is 1.12. The summed E-state index contributed by atoms with van der Waals surface area (Å²) in [5.74, 6) is 1.73. The molecular formula is C21H24N6O3. The van der Waals surface area contributed by atoms with Crippen LogP contribution in [0.25, 0.3) is 11.1 Å². The molecule has 2 fully saturated rings. The second kappa shape index (κ2) is 8.17. The Labute approximate surface area is 174 Å². The third-order valence-corrected chi connectivity index (χ3v) is 5.50. The van der Waals surface area contributed by atoms with Crippen molar-refractivity contribution < 1.29 is 13.9 Å². The number of carbonyl (C=O) groups excluding carboxylic acids is 1. The van der Waals surface area contributed by atoms with Crippen LogP contribution in [-0.4, -0.2) is 54.0 Å². The van der Waals surface area contributed by atoms with E-state index in [1.165, 1.54) is 12.8 Å². The van der Waals surface area contributed by atoms with Crippen molar-refractivity contribution in [2.24, 2.45) is 5.92 Å². The first-order chi connectivity index (χ1) is 14.7. The lowest BCUT2D eigenvalue weighted by atomic mass is 10.3. The van der Waals surface area contributed by atoms with Crippen molar-refractivity contribution in [1.82, 2.24) is 20.5 Å². The van der Waals surface area contributed by atoms with Gasteiger partial charge in [-0.3, -0.25) is 0 Å². The van der Waals surface area contributed by atoms with Crippen LogP contribution in [0.5, 0.6) is 5.88 Å². The number of piperazine rings is 1. The van der Waals surface area contributed by atoms with E-state index in [-0.39, 0.29) is 5.88 Å². The molecule has 1 saturated heterocycles. The molecule has 0 bridgehead atoms. The molecule has 9 heteroatoms. The summed E-state index contributed by atoms with van der Waals surface area (Å²) in [4.78, 5) is 20.6. The zero-order valence-electron chi connectivity index (χ0n) is 16.7. The van der Waals surface area contributed by atoms with E-state index in [9.17, 15) is 4.79 Å². The molecule has 1 aliphatic carbocycles. The van der Waals surface area contributed by atoms with Gasteiger partial charge in [0.25, 0.3) is 6.01 Å². The number of hydrogen-bond donors (Lipinski definition) is 1. The number of carbonyl (C=O) groups is 1. The minimum absolute atomic E-state index is 0.202. The van der Waals surface area contributed by atoms with Gasteiger partial charge >= 0.3 is 6.09 Å². The lowest BCUT2D eigenvalue weighted by Crippen LogP contribution is -2.47. The highest BCUT2D eigenvalue weighted by molar-refractivity contribution is 5.74. The zero-order chi connectivity index (χ0) is 20.3. The highest BCUT2D eigenvalue weighted by Gasteiger charge is 2.23. The van der Waals surface area contributed by atoms with Crippen molar-refractivity contribution in [1.29, 1.82) is 0 Å². The summed E-state index contributed by atoms with van der Waals surface area (Å²) in [5.41, 5.74) is 1.67. The van der Waals surface area contributed by atoms with Gasteiger partial charge in [0.1, 0.15) is 5.52 Å². The third-order valence-electron chi connectivity index (χ3n) is 5.50. The predicted octanol–water partition coefficient (Wildman–Crippen LogP) is 2.83. The highest BCUT2D eigenvalue weighted by Crippen LogP contribution is 2.31. The first kappa shape index (κ1) is 18.7. The Hall–Kier alpha value is -3.36. The number of nitrogens with zero attached hydrogens (tertiary/aromatic N) is 5. The number of hydrogen-bond acceptors (Lipinski definition) is 8. The summed E-state index contributed by atoms with van der Waals surface area (Å²) in [6, 6.07) is 11.9. The van der Waals surface area contributed by atoms with Crippen molar-refractivity contribution in [3.8, 4) is 5.88 Å². The summed E-state index contributed by atoms with van der Waals surface area (Å²) >= 11 is 0. The van der Waals surface area contributed by atoms with E-state index >= 15 is 0 Å². The Morgan fingerprint density at radius 3 is 2.60 bits per heavy atom. The van der Waals surface area contributed by atoms with Crippen LogP contribution in [0.2, 0.25) is 0 Å². The number of para-hydroxylation sites is 2. The number of aromatic nitrogens is 3. The van der Waals surface area contributed by atoms with Gasteiger partial charge in [0, 0.05) is 38.8 Å². The van der Waals surface area contributed by atoms with Crippen LogP contribution >= 0.6 is 0 Å². The minimum atomic E-state index is -0.482. The average molecular weight is 408 g/mol. The van der Waals surface area contributed by atoms with Crippen LogP contribution in [0.4, 0.5) is 16.6 Å². The molecule has 1 amide bonds. The maximum Gasteiger partial charge on any atom is 0.413 e. The normalized spacial score (nSPS) is 16.7. The number of anilines is 2. The first-order valence-electron chi connectivity index (χ1n) is 10.4. The van der Waals surface area contributed by atoms with Crippen LogP contribution < -0.4 is 19.9 Å². The number of rotatable bonds is 6. The topological polar surface area (TPSA) is 96.6 Å². The molecule has 2 aromatic heterocycles. The average Bonchev–Trinajstić information content (AvgIpc) is 3.50. The largest absolute Gasteiger partial charge is 0.423 e. The van der Waals surface area contributed by atoms with Gasteiger partial charge in [-0.05, 0) is 30.5 Å². The van der Waals surface area contributed by atoms with Crippen LogP contribution in [0.15, 0.2) is 40.8 Å². The fraction of sp³-hybridized carbons (Fsp3) is 0.429. The fourth-order valence-corrected chi connectivity index (χ4v) is 3.57. The highest BCUT2D eigenvalue weighted by atomic mass is 16.6. The third kappa shape index (κ3) is 4.29. The molecule has 0 unspecified atom stereocenters. The molecular weight excluding hydrogens is 384 g/mol. The van der Waals surface area contributed by atoms with Crippen LogP contribution in [0.1, 0.15) is 19.3 Å². The molecule has 1 aromatic carbocycles. The molecule has 2 aliphatic rings. The van der Waals surface area contributed by atoms with Crippen LogP contribution in [0.3, 0.4) is 0 Å². The van der Waals surface area contributed by atoms with Crippen LogP contribution in [-0.2, 0) is 0 Å². The molecule has 0 spiro atoms. The molecule has 1 aliphatic heterocycles. The maximum absolute atomic E-state index is 11.8. The maximum atomic E-state index is 11.8. The van der Waals surface area contributed by atoms with Crippen molar-refractivity contribution in [3.05, 3.63) is 36.4 Å². The van der Waals surface area contributed by atoms with E-state index < -0.39 is 6.09 Å². The Morgan fingerprint density at radius 2 is 1.87 bits per heavy atom. The summed E-state index contributed by atoms with van der Waals surface area (Å²) < 4.78 is 11.1. The number of oxazole rings is 1. The van der Waals surface area contributed by atoms with Gasteiger partial charge < -0.3 is 24.3 Å². The van der Waals surface area contributed by atoms with Crippen molar-refractivity contribution in [2.75, 3.05) is 42.5 Å². The molecule has 0 atom stereocenters. The molecule has 5 rings (SSSR count). The Kier molecular flexibility index (Phi) is 5.08. The smallest absolute Gasteiger partial charge is 0.413 e. The van der Waals surface area contributed by atoms with E-state index in [1.807, 2.05) is 30.3 Å². The van der Waals surface area contributed by atoms with Crippen LogP contribution in [0, 0.1) is 5.92 Å². The second-order valence-corrected chi connectivity index (χ2v) is 7.72. The molecule has 3 heterocycles. The molecule has 9 nitrogen and oxygen atoms in total. The predicted molar refractivity (Wildman–Crippen MR) is 112 cm³/mol. The Morgan fingerprint density at radius 1 is 1.07 bits per heavy atom. The van der Waals surface area contributed by atoms with E-state index in [0.29, 0.717) is 12.6 Å². The number of ether oxygens (including phenoxy) is 1. The van der Waals surface area contributed by atoms with Gasteiger partial charge in [-0.1, -0.05) is 25.0 Å². The monoisotopic (exact) mass is 408 g/mol. The molecule has 1 saturated carbocycles. The first-order valence-corrected chi connectivity index (χ1v) is 10.4. The lowest BCUT2D eigenvalue weighted by molar-refractivity contribution is 0.198. The SMILES string of the molecule is O=C(NCCC1CC1)Oc1ccc(N2CCN(c3nc4ccccc4o3)CC2)nn1. The minimum Gasteiger partial charge on any atom is -0.423 e. The number of benzene rings is 1. The molecule has 156 valence electrons. The van der Waals surface area contributed by atoms with Gasteiger partial charge in [0.15, 0.2) is 11.4 Å². The summed E-state index contributed by atoms with van der Waals surface area (Å²) in [7, 11) is 0. The lowest BCUT2D eigenvalue weighted by Gasteiger charge is -2.34. The van der Waals surface area contributed by atoms with Crippen molar-refractivity contribution >= 4 is 29.0 Å². The van der Waals surface area contributed by atoms with E-state index in [2.05, 4.69) is 30.3 Å².